The topological polar surface area (TPSA) is 42.2 Å². The number of thioether (sulfide) groups is 1. The fourth-order valence-electron chi connectivity index (χ4n) is 1.26. The van der Waals surface area contributed by atoms with E-state index in [-0.39, 0.29) is 0 Å². The second-order valence-corrected chi connectivity index (χ2v) is 4.28. The van der Waals surface area contributed by atoms with Gasteiger partial charge in [-0.2, -0.15) is 5.26 Å². The lowest BCUT2D eigenvalue weighted by Crippen LogP contribution is -2.07. The first-order chi connectivity index (χ1) is 8.38. The summed E-state index contributed by atoms with van der Waals surface area (Å²) in [6.07, 6.45) is 2.23. The van der Waals surface area contributed by atoms with Crippen molar-refractivity contribution in [3.05, 3.63) is 24.3 Å². The van der Waals surface area contributed by atoms with E-state index in [1.165, 1.54) is 0 Å². The number of benzene rings is 1. The Hall–Kier alpha value is -1.18. The fraction of sp³-hybridized carbons (Fsp3) is 0.462. The lowest BCUT2D eigenvalue weighted by molar-refractivity contribution is 0.0971. The summed E-state index contributed by atoms with van der Waals surface area (Å²) in [5.74, 6) is 0.748. The van der Waals surface area contributed by atoms with E-state index in [2.05, 4.69) is 6.92 Å². The number of para-hydroxylation sites is 1. The molecule has 0 aromatic heterocycles. The molecular weight excluding hydrogens is 234 g/mol. The molecule has 0 spiro atoms. The van der Waals surface area contributed by atoms with Crippen molar-refractivity contribution >= 4 is 11.8 Å². The van der Waals surface area contributed by atoms with Crippen LogP contribution in [0.4, 0.5) is 0 Å². The van der Waals surface area contributed by atoms with Crippen molar-refractivity contribution in [2.45, 2.75) is 24.7 Å². The molecule has 0 heterocycles. The van der Waals surface area contributed by atoms with Gasteiger partial charge in [-0.3, -0.25) is 0 Å². The molecule has 1 aromatic rings. The minimum atomic E-state index is 0.521. The molecule has 0 N–H and O–H groups in total. The lowest BCUT2D eigenvalue weighted by atomic mass is 10.3. The highest BCUT2D eigenvalue weighted by Crippen LogP contribution is 2.27. The van der Waals surface area contributed by atoms with Crippen LogP contribution in [0.3, 0.4) is 0 Å². The largest absolute Gasteiger partial charge is 0.490 e. The van der Waals surface area contributed by atoms with Gasteiger partial charge in [-0.1, -0.05) is 25.5 Å². The van der Waals surface area contributed by atoms with Crippen LogP contribution in [0.15, 0.2) is 29.2 Å². The zero-order valence-corrected chi connectivity index (χ0v) is 10.8. The van der Waals surface area contributed by atoms with Gasteiger partial charge in [0, 0.05) is 6.61 Å². The SMILES string of the molecule is CCCCOCCOc1ccccc1SC#N. The van der Waals surface area contributed by atoms with E-state index in [4.69, 9.17) is 14.7 Å². The molecule has 0 bridgehead atoms. The molecule has 0 aliphatic rings. The zero-order chi connectivity index (χ0) is 12.3. The van der Waals surface area contributed by atoms with Crippen molar-refractivity contribution in [1.82, 2.24) is 0 Å². The Bertz CT molecular complexity index is 363. The molecule has 1 rings (SSSR count). The molecule has 0 aliphatic heterocycles. The molecule has 4 heteroatoms. The third kappa shape index (κ3) is 5.62. The van der Waals surface area contributed by atoms with Crippen LogP contribution in [0.2, 0.25) is 0 Å². The number of nitrogens with zero attached hydrogens (tertiary/aromatic N) is 1. The summed E-state index contributed by atoms with van der Waals surface area (Å²) in [5, 5.41) is 10.7. The molecule has 17 heavy (non-hydrogen) atoms. The number of rotatable bonds is 8. The highest BCUT2D eigenvalue weighted by molar-refractivity contribution is 8.03. The summed E-state index contributed by atoms with van der Waals surface area (Å²) in [5.41, 5.74) is 0. The summed E-state index contributed by atoms with van der Waals surface area (Å²) >= 11 is 1.11. The zero-order valence-electron chi connectivity index (χ0n) is 10.0. The average molecular weight is 251 g/mol. The van der Waals surface area contributed by atoms with Crippen LogP contribution >= 0.6 is 11.8 Å². The molecule has 0 unspecified atom stereocenters. The van der Waals surface area contributed by atoms with E-state index in [1.807, 2.05) is 29.7 Å². The van der Waals surface area contributed by atoms with E-state index in [0.717, 1.165) is 41.9 Å². The van der Waals surface area contributed by atoms with Crippen LogP contribution in [0.25, 0.3) is 0 Å². The highest BCUT2D eigenvalue weighted by atomic mass is 32.2. The van der Waals surface area contributed by atoms with Crippen molar-refractivity contribution in [3.8, 4) is 11.2 Å². The number of unbranched alkanes of at least 4 members (excludes halogenated alkanes) is 1. The maximum Gasteiger partial charge on any atom is 0.138 e. The van der Waals surface area contributed by atoms with Gasteiger partial charge >= 0.3 is 0 Å². The van der Waals surface area contributed by atoms with Crippen molar-refractivity contribution < 1.29 is 9.47 Å². The van der Waals surface area contributed by atoms with Crippen molar-refractivity contribution in [2.75, 3.05) is 19.8 Å². The number of thiocyanates is 1. The maximum absolute atomic E-state index is 8.65. The first-order valence-electron chi connectivity index (χ1n) is 5.74. The summed E-state index contributed by atoms with van der Waals surface area (Å²) in [6, 6.07) is 7.53. The normalized spacial score (nSPS) is 9.88. The molecule has 0 atom stereocenters. The Labute approximate surface area is 107 Å². The van der Waals surface area contributed by atoms with E-state index in [0.29, 0.717) is 13.2 Å². The second-order valence-electron chi connectivity index (χ2n) is 3.45. The molecule has 0 saturated carbocycles. The van der Waals surface area contributed by atoms with E-state index < -0.39 is 0 Å². The van der Waals surface area contributed by atoms with Crippen LogP contribution in [0.5, 0.6) is 5.75 Å². The van der Waals surface area contributed by atoms with Gasteiger partial charge in [-0.15, -0.1) is 0 Å². The van der Waals surface area contributed by atoms with E-state index in [9.17, 15) is 0 Å². The van der Waals surface area contributed by atoms with Gasteiger partial charge < -0.3 is 9.47 Å². The number of nitriles is 1. The Morgan fingerprint density at radius 2 is 2.06 bits per heavy atom. The minimum Gasteiger partial charge on any atom is -0.490 e. The lowest BCUT2D eigenvalue weighted by Gasteiger charge is -2.09. The number of hydrogen-bond acceptors (Lipinski definition) is 4. The molecule has 0 amide bonds. The van der Waals surface area contributed by atoms with Crippen LogP contribution < -0.4 is 4.74 Å². The van der Waals surface area contributed by atoms with Crippen LogP contribution in [0.1, 0.15) is 19.8 Å². The molecule has 1 aromatic carbocycles. The predicted molar refractivity (Wildman–Crippen MR) is 69.1 cm³/mol. The summed E-state index contributed by atoms with van der Waals surface area (Å²) < 4.78 is 11.0. The van der Waals surface area contributed by atoms with Gasteiger partial charge in [0.05, 0.1) is 11.5 Å². The summed E-state index contributed by atoms with van der Waals surface area (Å²) in [6.45, 7) is 4.03. The summed E-state index contributed by atoms with van der Waals surface area (Å²) in [7, 11) is 0. The van der Waals surface area contributed by atoms with Crippen LogP contribution in [-0.2, 0) is 4.74 Å². The summed E-state index contributed by atoms with van der Waals surface area (Å²) in [4.78, 5) is 0.851. The molecular formula is C13H17NO2S. The van der Waals surface area contributed by atoms with Crippen molar-refractivity contribution in [1.29, 1.82) is 5.26 Å². The Morgan fingerprint density at radius 1 is 1.24 bits per heavy atom. The van der Waals surface area contributed by atoms with E-state index in [1.54, 1.807) is 0 Å². The Morgan fingerprint density at radius 3 is 2.82 bits per heavy atom. The third-order valence-electron chi connectivity index (χ3n) is 2.13. The van der Waals surface area contributed by atoms with Crippen LogP contribution in [-0.4, -0.2) is 19.8 Å². The molecule has 3 nitrogen and oxygen atoms in total. The molecule has 0 fully saturated rings. The van der Waals surface area contributed by atoms with Gasteiger partial charge in [0.1, 0.15) is 17.8 Å². The number of ether oxygens (including phenoxy) is 2. The van der Waals surface area contributed by atoms with Gasteiger partial charge in [0.2, 0.25) is 0 Å². The molecule has 0 radical (unpaired) electrons. The highest BCUT2D eigenvalue weighted by Gasteiger charge is 2.02. The van der Waals surface area contributed by atoms with Gasteiger partial charge in [0.15, 0.2) is 0 Å². The van der Waals surface area contributed by atoms with Crippen LogP contribution in [0, 0.1) is 10.7 Å². The first kappa shape index (κ1) is 13.9. The van der Waals surface area contributed by atoms with Crippen molar-refractivity contribution in [2.24, 2.45) is 0 Å². The van der Waals surface area contributed by atoms with Crippen molar-refractivity contribution in [3.63, 3.8) is 0 Å². The fourth-order valence-corrected chi connectivity index (χ4v) is 1.73. The Balaban J connectivity index is 2.29. The molecule has 0 saturated heterocycles. The molecule has 92 valence electrons. The first-order valence-corrected chi connectivity index (χ1v) is 6.55. The smallest absolute Gasteiger partial charge is 0.138 e. The standard InChI is InChI=1S/C13H17NO2S/c1-2-3-8-15-9-10-16-12-6-4-5-7-13(12)17-11-14/h4-7H,2-3,8-10H2,1H3. The van der Waals surface area contributed by atoms with Gasteiger partial charge in [0.25, 0.3) is 0 Å². The number of hydrogen-bond donors (Lipinski definition) is 0. The minimum absolute atomic E-state index is 0.521. The predicted octanol–water partition coefficient (Wildman–Crippen LogP) is 3.46. The second kappa shape index (κ2) is 8.91. The Kier molecular flexibility index (Phi) is 7.28. The average Bonchev–Trinajstić information content (AvgIpc) is 2.36. The quantitative estimate of drug-likeness (QED) is 0.403. The van der Waals surface area contributed by atoms with Gasteiger partial charge in [-0.05, 0) is 30.3 Å². The maximum atomic E-state index is 8.65. The molecule has 0 aliphatic carbocycles. The van der Waals surface area contributed by atoms with E-state index >= 15 is 0 Å². The monoisotopic (exact) mass is 251 g/mol. The van der Waals surface area contributed by atoms with Gasteiger partial charge in [-0.25, -0.2) is 0 Å². The third-order valence-corrected chi connectivity index (χ3v) is 2.78.